The SMILES string of the molecule is COC(=O)C(C=C[C@@H]1O[C@H](CO)[C@@H](O)[C@H](O)[C@H]1O)NC(C)=O. The Bertz CT molecular complexity index is 424. The Balaban J connectivity index is 2.84. The molecule has 22 heavy (non-hydrogen) atoms. The van der Waals surface area contributed by atoms with Gasteiger partial charge in [-0.05, 0) is 0 Å². The number of rotatable bonds is 5. The highest BCUT2D eigenvalue weighted by Crippen LogP contribution is 2.22. The van der Waals surface area contributed by atoms with Crippen LogP contribution in [0.1, 0.15) is 6.92 Å². The Morgan fingerprint density at radius 2 is 1.91 bits per heavy atom. The first-order valence-corrected chi connectivity index (χ1v) is 6.65. The molecular weight excluding hydrogens is 298 g/mol. The van der Waals surface area contributed by atoms with Gasteiger partial charge >= 0.3 is 5.97 Å². The number of ether oxygens (including phenoxy) is 2. The highest BCUT2D eigenvalue weighted by Gasteiger charge is 2.42. The Morgan fingerprint density at radius 1 is 1.27 bits per heavy atom. The number of nitrogens with one attached hydrogen (secondary N) is 1. The topological polar surface area (TPSA) is 146 Å². The average molecular weight is 319 g/mol. The maximum absolute atomic E-state index is 11.5. The molecule has 0 spiro atoms. The zero-order valence-corrected chi connectivity index (χ0v) is 12.2. The number of hydrogen-bond acceptors (Lipinski definition) is 8. The van der Waals surface area contributed by atoms with E-state index in [1.807, 2.05) is 0 Å². The number of aliphatic hydroxyl groups excluding tert-OH is 4. The van der Waals surface area contributed by atoms with Crippen LogP contribution in [0.5, 0.6) is 0 Å². The lowest BCUT2D eigenvalue weighted by atomic mass is 9.94. The molecule has 1 amide bonds. The van der Waals surface area contributed by atoms with E-state index in [0.29, 0.717) is 0 Å². The molecule has 0 aromatic carbocycles. The summed E-state index contributed by atoms with van der Waals surface area (Å²) in [7, 11) is 1.15. The second-order valence-corrected chi connectivity index (χ2v) is 4.88. The zero-order valence-electron chi connectivity index (χ0n) is 12.2. The van der Waals surface area contributed by atoms with Crippen LogP contribution in [-0.2, 0) is 19.1 Å². The predicted molar refractivity (Wildman–Crippen MR) is 72.5 cm³/mol. The Kier molecular flexibility index (Phi) is 6.91. The van der Waals surface area contributed by atoms with Crippen molar-refractivity contribution >= 4 is 11.9 Å². The smallest absolute Gasteiger partial charge is 0.332 e. The fourth-order valence-electron chi connectivity index (χ4n) is 2.04. The molecule has 1 fully saturated rings. The first-order valence-electron chi connectivity index (χ1n) is 6.65. The third-order valence-electron chi connectivity index (χ3n) is 3.24. The van der Waals surface area contributed by atoms with E-state index < -0.39 is 55.0 Å². The molecule has 1 saturated heterocycles. The maximum Gasteiger partial charge on any atom is 0.332 e. The molecule has 1 aliphatic rings. The van der Waals surface area contributed by atoms with E-state index >= 15 is 0 Å². The van der Waals surface area contributed by atoms with Gasteiger partial charge in [0.05, 0.1) is 13.7 Å². The number of carbonyl (C=O) groups is 2. The van der Waals surface area contributed by atoms with Gasteiger partial charge in [0.1, 0.15) is 36.6 Å². The molecule has 0 bridgehead atoms. The summed E-state index contributed by atoms with van der Waals surface area (Å²) < 4.78 is 9.76. The Morgan fingerprint density at radius 3 is 2.41 bits per heavy atom. The summed E-state index contributed by atoms with van der Waals surface area (Å²) in [5, 5.41) is 40.5. The van der Waals surface area contributed by atoms with Crippen molar-refractivity contribution in [3.05, 3.63) is 12.2 Å². The summed E-state index contributed by atoms with van der Waals surface area (Å²) >= 11 is 0. The average Bonchev–Trinajstić information content (AvgIpc) is 2.49. The number of hydrogen-bond donors (Lipinski definition) is 5. The number of aliphatic hydroxyl groups is 4. The van der Waals surface area contributed by atoms with Gasteiger partial charge in [-0.25, -0.2) is 4.79 Å². The van der Waals surface area contributed by atoms with Gasteiger partial charge in [-0.15, -0.1) is 0 Å². The van der Waals surface area contributed by atoms with Crippen LogP contribution in [0, 0.1) is 0 Å². The minimum absolute atomic E-state index is 0.464. The number of amides is 1. The lowest BCUT2D eigenvalue weighted by Crippen LogP contribution is -2.58. The summed E-state index contributed by atoms with van der Waals surface area (Å²) in [6.45, 7) is 0.666. The fraction of sp³-hybridized carbons (Fsp3) is 0.692. The molecule has 0 aromatic rings. The lowest BCUT2D eigenvalue weighted by molar-refractivity contribution is -0.216. The molecule has 0 saturated carbocycles. The van der Waals surface area contributed by atoms with Crippen molar-refractivity contribution in [2.24, 2.45) is 0 Å². The molecule has 0 aromatic heterocycles. The molecule has 1 rings (SSSR count). The van der Waals surface area contributed by atoms with Crippen molar-refractivity contribution < 1.29 is 39.5 Å². The first-order chi connectivity index (χ1) is 10.3. The van der Waals surface area contributed by atoms with Crippen molar-refractivity contribution in [2.45, 2.75) is 43.5 Å². The van der Waals surface area contributed by atoms with Gasteiger partial charge in [-0.2, -0.15) is 0 Å². The van der Waals surface area contributed by atoms with E-state index in [0.717, 1.165) is 7.11 Å². The van der Waals surface area contributed by atoms with Crippen LogP contribution in [0.2, 0.25) is 0 Å². The Hall–Kier alpha value is -1.52. The van der Waals surface area contributed by atoms with E-state index in [9.17, 15) is 24.9 Å². The normalized spacial score (nSPS) is 33.5. The van der Waals surface area contributed by atoms with Crippen molar-refractivity contribution in [1.82, 2.24) is 5.32 Å². The Labute approximate surface area is 127 Å². The zero-order chi connectivity index (χ0) is 16.9. The van der Waals surface area contributed by atoms with Crippen molar-refractivity contribution in [2.75, 3.05) is 13.7 Å². The highest BCUT2D eigenvalue weighted by atomic mass is 16.5. The van der Waals surface area contributed by atoms with E-state index in [1.165, 1.54) is 19.1 Å². The van der Waals surface area contributed by atoms with Gasteiger partial charge in [-0.3, -0.25) is 4.79 Å². The van der Waals surface area contributed by atoms with Gasteiger partial charge in [0.2, 0.25) is 5.91 Å². The van der Waals surface area contributed by atoms with E-state index in [1.54, 1.807) is 0 Å². The highest BCUT2D eigenvalue weighted by molar-refractivity contribution is 5.84. The summed E-state index contributed by atoms with van der Waals surface area (Å²) in [6.07, 6.45) is -4.07. The van der Waals surface area contributed by atoms with E-state index in [-0.39, 0.29) is 0 Å². The molecule has 1 heterocycles. The third kappa shape index (κ3) is 4.49. The molecule has 1 aliphatic heterocycles. The summed E-state index contributed by atoms with van der Waals surface area (Å²) in [6, 6.07) is -1.09. The fourth-order valence-corrected chi connectivity index (χ4v) is 2.04. The van der Waals surface area contributed by atoms with Crippen LogP contribution < -0.4 is 5.32 Å². The van der Waals surface area contributed by atoms with Gasteiger partial charge < -0.3 is 35.2 Å². The number of esters is 1. The van der Waals surface area contributed by atoms with Crippen LogP contribution in [0.4, 0.5) is 0 Å². The minimum atomic E-state index is -1.52. The molecule has 9 nitrogen and oxygen atoms in total. The monoisotopic (exact) mass is 319 g/mol. The first kappa shape index (κ1) is 18.5. The summed E-state index contributed by atoms with van der Waals surface area (Å²) in [4.78, 5) is 22.6. The van der Waals surface area contributed by atoms with Crippen LogP contribution in [-0.4, -0.2) is 82.6 Å². The second kappa shape index (κ2) is 8.20. The second-order valence-electron chi connectivity index (χ2n) is 4.88. The van der Waals surface area contributed by atoms with Gasteiger partial charge in [-0.1, -0.05) is 12.2 Å². The van der Waals surface area contributed by atoms with E-state index in [4.69, 9.17) is 9.84 Å². The standard InChI is InChI=1S/C13H21NO8/c1-6(16)14-7(13(20)21-2)3-4-8-10(17)12(19)11(18)9(5-15)22-8/h3-4,7-12,15,17-19H,5H2,1-2H3,(H,14,16)/t7?,8-,9+,10-,11+,12+/m0/s1. The minimum Gasteiger partial charge on any atom is -0.467 e. The molecule has 126 valence electrons. The summed E-state index contributed by atoms with van der Waals surface area (Å²) in [5.41, 5.74) is 0. The third-order valence-corrected chi connectivity index (χ3v) is 3.24. The molecule has 6 atom stereocenters. The van der Waals surface area contributed by atoms with Crippen molar-refractivity contribution in [3.8, 4) is 0 Å². The number of methoxy groups -OCH3 is 1. The van der Waals surface area contributed by atoms with Gasteiger partial charge in [0, 0.05) is 6.92 Å². The number of carbonyl (C=O) groups excluding carboxylic acids is 2. The van der Waals surface area contributed by atoms with Crippen molar-refractivity contribution in [1.29, 1.82) is 0 Å². The maximum atomic E-state index is 11.5. The quantitative estimate of drug-likeness (QED) is 0.267. The predicted octanol–water partition coefficient (Wildman–Crippen LogP) is -2.94. The largest absolute Gasteiger partial charge is 0.467 e. The lowest BCUT2D eigenvalue weighted by Gasteiger charge is -2.39. The van der Waals surface area contributed by atoms with Crippen LogP contribution in [0.3, 0.4) is 0 Å². The van der Waals surface area contributed by atoms with Crippen LogP contribution in [0.25, 0.3) is 0 Å². The van der Waals surface area contributed by atoms with Crippen LogP contribution >= 0.6 is 0 Å². The van der Waals surface area contributed by atoms with Crippen molar-refractivity contribution in [3.63, 3.8) is 0 Å². The molecule has 9 heteroatoms. The van der Waals surface area contributed by atoms with Crippen LogP contribution in [0.15, 0.2) is 12.2 Å². The van der Waals surface area contributed by atoms with Gasteiger partial charge in [0.15, 0.2) is 0 Å². The molecule has 5 N–H and O–H groups in total. The molecule has 0 aliphatic carbocycles. The van der Waals surface area contributed by atoms with Gasteiger partial charge in [0.25, 0.3) is 0 Å². The summed E-state index contributed by atoms with van der Waals surface area (Å²) in [5.74, 6) is -1.19. The molecular formula is C13H21NO8. The molecule has 1 unspecified atom stereocenters. The van der Waals surface area contributed by atoms with E-state index in [2.05, 4.69) is 10.1 Å². The molecule has 0 radical (unpaired) electrons.